The number of hydrogen-bond donors (Lipinski definition) is 1. The smallest absolute Gasteiger partial charge is 0.331 e. The highest BCUT2D eigenvalue weighted by molar-refractivity contribution is 6.17. The highest BCUT2D eigenvalue weighted by Gasteiger charge is 2.41. The van der Waals surface area contributed by atoms with Gasteiger partial charge >= 0.3 is 5.97 Å². The summed E-state index contributed by atoms with van der Waals surface area (Å²) in [5.41, 5.74) is -0.795. The lowest BCUT2D eigenvalue weighted by Crippen LogP contribution is -2.56. The number of nitrogens with one attached hydrogen (secondary N) is 1. The van der Waals surface area contributed by atoms with E-state index in [0.717, 1.165) is 19.3 Å². The third-order valence-electron chi connectivity index (χ3n) is 3.20. The fraction of sp³-hybridized carbons (Fsp3) is 0.833. The zero-order valence-corrected chi connectivity index (χ0v) is 11.0. The van der Waals surface area contributed by atoms with Gasteiger partial charge in [-0.15, -0.1) is 11.6 Å². The fourth-order valence-electron chi connectivity index (χ4n) is 2.29. The lowest BCUT2D eigenvalue weighted by Gasteiger charge is -2.35. The summed E-state index contributed by atoms with van der Waals surface area (Å²) in [6.07, 6.45) is 5.34. The Balaban J connectivity index is 2.63. The van der Waals surface area contributed by atoms with Crippen LogP contribution in [0.15, 0.2) is 0 Å². The minimum absolute atomic E-state index is 0.113. The van der Waals surface area contributed by atoms with Gasteiger partial charge in [0.1, 0.15) is 5.54 Å². The predicted molar refractivity (Wildman–Crippen MR) is 65.9 cm³/mol. The van der Waals surface area contributed by atoms with Gasteiger partial charge in [-0.25, -0.2) is 4.79 Å². The molecule has 1 aliphatic carbocycles. The minimum Gasteiger partial charge on any atom is -0.467 e. The highest BCUT2D eigenvalue weighted by Crippen LogP contribution is 2.29. The van der Waals surface area contributed by atoms with Gasteiger partial charge in [-0.3, -0.25) is 4.79 Å². The predicted octanol–water partition coefficient (Wildman–Crippen LogP) is 2.00. The summed E-state index contributed by atoms with van der Waals surface area (Å²) >= 11 is 5.54. The molecule has 1 amide bonds. The van der Waals surface area contributed by atoms with E-state index in [9.17, 15) is 9.59 Å². The number of carbonyl (C=O) groups is 2. The average molecular weight is 262 g/mol. The van der Waals surface area contributed by atoms with Gasteiger partial charge in [0, 0.05) is 12.3 Å². The van der Waals surface area contributed by atoms with Gasteiger partial charge in [0.05, 0.1) is 7.11 Å². The van der Waals surface area contributed by atoms with Crippen molar-refractivity contribution in [2.45, 2.75) is 50.5 Å². The van der Waals surface area contributed by atoms with Crippen molar-refractivity contribution < 1.29 is 14.3 Å². The van der Waals surface area contributed by atoms with Gasteiger partial charge in [-0.2, -0.15) is 0 Å². The molecule has 0 spiro atoms. The standard InChI is InChI=1S/C12H20ClNO3/c1-17-11(16)12(7-3-2-4-8-12)14-10(15)6-5-9-13/h2-9H2,1H3,(H,14,15). The summed E-state index contributed by atoms with van der Waals surface area (Å²) in [7, 11) is 1.36. The van der Waals surface area contributed by atoms with Crippen molar-refractivity contribution in [2.24, 2.45) is 0 Å². The zero-order chi connectivity index (χ0) is 12.7. The molecule has 98 valence electrons. The molecule has 0 radical (unpaired) electrons. The van der Waals surface area contributed by atoms with Crippen LogP contribution in [0.1, 0.15) is 44.9 Å². The van der Waals surface area contributed by atoms with Crippen LogP contribution in [0.25, 0.3) is 0 Å². The molecule has 0 atom stereocenters. The number of alkyl halides is 1. The van der Waals surface area contributed by atoms with E-state index >= 15 is 0 Å². The summed E-state index contributed by atoms with van der Waals surface area (Å²) in [4.78, 5) is 23.6. The van der Waals surface area contributed by atoms with E-state index in [2.05, 4.69) is 5.32 Å². The van der Waals surface area contributed by atoms with E-state index in [1.807, 2.05) is 0 Å². The molecule has 0 aliphatic heterocycles. The van der Waals surface area contributed by atoms with Crippen LogP contribution in [0.4, 0.5) is 0 Å². The number of esters is 1. The number of rotatable bonds is 5. The number of carbonyl (C=O) groups excluding carboxylic acids is 2. The Hall–Kier alpha value is -0.770. The summed E-state index contributed by atoms with van der Waals surface area (Å²) in [5.74, 6) is 0.0212. The van der Waals surface area contributed by atoms with E-state index in [4.69, 9.17) is 16.3 Å². The van der Waals surface area contributed by atoms with Crippen LogP contribution in [-0.2, 0) is 14.3 Å². The molecule has 0 aromatic heterocycles. The second-order valence-electron chi connectivity index (χ2n) is 4.48. The molecule has 0 unspecified atom stereocenters. The van der Waals surface area contributed by atoms with Crippen molar-refractivity contribution in [3.63, 3.8) is 0 Å². The van der Waals surface area contributed by atoms with Gasteiger partial charge in [0.2, 0.25) is 5.91 Å². The molecule has 0 aromatic rings. The quantitative estimate of drug-likeness (QED) is 0.608. The van der Waals surface area contributed by atoms with Gasteiger partial charge in [-0.05, 0) is 19.3 Å². The van der Waals surface area contributed by atoms with E-state index in [1.54, 1.807) is 0 Å². The van der Waals surface area contributed by atoms with Crippen LogP contribution in [0.2, 0.25) is 0 Å². The molecule has 0 aromatic carbocycles. The molecule has 0 saturated heterocycles. The molecular weight excluding hydrogens is 242 g/mol. The maximum atomic E-state index is 11.8. The normalized spacial score (nSPS) is 18.5. The van der Waals surface area contributed by atoms with Crippen molar-refractivity contribution in [2.75, 3.05) is 13.0 Å². The summed E-state index contributed by atoms with van der Waals surface area (Å²) in [5, 5.41) is 2.85. The van der Waals surface area contributed by atoms with Gasteiger partial charge in [0.15, 0.2) is 0 Å². The number of ether oxygens (including phenoxy) is 1. The van der Waals surface area contributed by atoms with Crippen molar-refractivity contribution >= 4 is 23.5 Å². The molecule has 1 rings (SSSR count). The van der Waals surface area contributed by atoms with E-state index < -0.39 is 5.54 Å². The largest absolute Gasteiger partial charge is 0.467 e. The molecular formula is C12H20ClNO3. The van der Waals surface area contributed by atoms with Crippen LogP contribution in [0, 0.1) is 0 Å². The van der Waals surface area contributed by atoms with Crippen LogP contribution < -0.4 is 5.32 Å². The molecule has 1 saturated carbocycles. The Morgan fingerprint density at radius 3 is 2.47 bits per heavy atom. The van der Waals surface area contributed by atoms with Crippen LogP contribution in [0.5, 0.6) is 0 Å². The molecule has 1 N–H and O–H groups in total. The monoisotopic (exact) mass is 261 g/mol. The highest BCUT2D eigenvalue weighted by atomic mass is 35.5. The molecule has 17 heavy (non-hydrogen) atoms. The maximum Gasteiger partial charge on any atom is 0.331 e. The van der Waals surface area contributed by atoms with Crippen LogP contribution in [-0.4, -0.2) is 30.4 Å². The topological polar surface area (TPSA) is 55.4 Å². The molecule has 0 bridgehead atoms. The Morgan fingerprint density at radius 1 is 1.29 bits per heavy atom. The van der Waals surface area contributed by atoms with E-state index in [0.29, 0.717) is 31.6 Å². The lowest BCUT2D eigenvalue weighted by molar-refractivity contribution is -0.152. The van der Waals surface area contributed by atoms with E-state index in [-0.39, 0.29) is 11.9 Å². The summed E-state index contributed by atoms with van der Waals surface area (Å²) < 4.78 is 4.82. The van der Waals surface area contributed by atoms with Crippen molar-refractivity contribution in [3.8, 4) is 0 Å². The molecule has 1 aliphatic rings. The van der Waals surface area contributed by atoms with Gasteiger partial charge in [-0.1, -0.05) is 19.3 Å². The van der Waals surface area contributed by atoms with Crippen molar-refractivity contribution in [1.82, 2.24) is 5.32 Å². The first-order valence-electron chi connectivity index (χ1n) is 6.10. The van der Waals surface area contributed by atoms with Crippen LogP contribution >= 0.6 is 11.6 Å². The second-order valence-corrected chi connectivity index (χ2v) is 4.85. The first kappa shape index (κ1) is 14.3. The first-order chi connectivity index (χ1) is 8.14. The third kappa shape index (κ3) is 3.87. The zero-order valence-electron chi connectivity index (χ0n) is 10.3. The molecule has 1 fully saturated rings. The Morgan fingerprint density at radius 2 is 1.94 bits per heavy atom. The SMILES string of the molecule is COC(=O)C1(NC(=O)CCCCl)CCCCC1. The van der Waals surface area contributed by atoms with Crippen molar-refractivity contribution in [1.29, 1.82) is 0 Å². The van der Waals surface area contributed by atoms with Gasteiger partial charge < -0.3 is 10.1 Å². The fourth-order valence-corrected chi connectivity index (χ4v) is 2.42. The summed E-state index contributed by atoms with van der Waals surface area (Å²) in [6, 6.07) is 0. The van der Waals surface area contributed by atoms with Crippen LogP contribution in [0.3, 0.4) is 0 Å². The molecule has 5 heteroatoms. The number of hydrogen-bond acceptors (Lipinski definition) is 3. The van der Waals surface area contributed by atoms with Gasteiger partial charge in [0.25, 0.3) is 0 Å². The van der Waals surface area contributed by atoms with Crippen molar-refractivity contribution in [3.05, 3.63) is 0 Å². The third-order valence-corrected chi connectivity index (χ3v) is 3.47. The maximum absolute atomic E-state index is 11.8. The number of amides is 1. The first-order valence-corrected chi connectivity index (χ1v) is 6.63. The molecule has 0 heterocycles. The second kappa shape index (κ2) is 6.84. The number of halogens is 1. The molecule has 4 nitrogen and oxygen atoms in total. The lowest BCUT2D eigenvalue weighted by atomic mass is 9.81. The Kier molecular flexibility index (Phi) is 5.75. The summed E-state index contributed by atoms with van der Waals surface area (Å²) in [6.45, 7) is 0. The Bertz CT molecular complexity index is 275. The average Bonchev–Trinajstić information content (AvgIpc) is 2.36. The number of methoxy groups -OCH3 is 1. The Labute approximate surface area is 107 Å². The minimum atomic E-state index is -0.795. The van der Waals surface area contributed by atoms with E-state index in [1.165, 1.54) is 7.11 Å².